The molecule has 0 radical (unpaired) electrons. The Hall–Kier alpha value is -3.33. The summed E-state index contributed by atoms with van der Waals surface area (Å²) >= 11 is 0. The molecule has 1 aromatic carbocycles. The Morgan fingerprint density at radius 2 is 2.12 bits per heavy atom. The van der Waals surface area contributed by atoms with Gasteiger partial charge in [-0.05, 0) is 31.0 Å². The second-order valence-electron chi connectivity index (χ2n) is 5.94. The first-order valence-corrected chi connectivity index (χ1v) is 7.78. The number of aromatic amines is 1. The largest absolute Gasteiger partial charge is 0.440 e. The number of anilines is 1. The molecule has 6 nitrogen and oxygen atoms in total. The highest BCUT2D eigenvalue weighted by atomic mass is 16.3. The van der Waals surface area contributed by atoms with Crippen molar-refractivity contribution in [1.82, 2.24) is 19.9 Å². The fourth-order valence-corrected chi connectivity index (χ4v) is 2.75. The molecule has 0 amide bonds. The molecule has 1 aliphatic rings. The Bertz CT molecular complexity index is 1140. The molecule has 1 saturated carbocycles. The van der Waals surface area contributed by atoms with Crippen molar-refractivity contribution in [1.29, 1.82) is 0 Å². The Morgan fingerprint density at radius 1 is 1.21 bits per heavy atom. The molecule has 0 unspecified atom stereocenters. The molecule has 6 heteroatoms. The number of oxazole rings is 1. The quantitative estimate of drug-likeness (QED) is 0.527. The number of fused-ring (bicyclic) bond motifs is 2. The smallest absolute Gasteiger partial charge is 0.198 e. The van der Waals surface area contributed by atoms with Crippen LogP contribution in [-0.2, 0) is 0 Å². The van der Waals surface area contributed by atoms with Gasteiger partial charge in [0, 0.05) is 17.7 Å². The Labute approximate surface area is 137 Å². The molecule has 116 valence electrons. The van der Waals surface area contributed by atoms with Gasteiger partial charge in [0.15, 0.2) is 11.5 Å². The zero-order valence-corrected chi connectivity index (χ0v) is 12.7. The minimum Gasteiger partial charge on any atom is -0.440 e. The van der Waals surface area contributed by atoms with Crippen LogP contribution in [0.2, 0.25) is 0 Å². The van der Waals surface area contributed by atoms with Gasteiger partial charge in [-0.25, -0.2) is 15.0 Å². The molecule has 3 N–H and O–H groups in total. The number of nitrogens with two attached hydrogens (primary N) is 1. The van der Waals surface area contributed by atoms with Gasteiger partial charge in [0.1, 0.15) is 23.3 Å². The lowest BCUT2D eigenvalue weighted by Crippen LogP contribution is -1.92. The molecule has 1 aliphatic carbocycles. The molecule has 3 heterocycles. The van der Waals surface area contributed by atoms with E-state index in [1.165, 1.54) is 19.2 Å². The minimum absolute atomic E-state index is 0.423. The average Bonchev–Trinajstić information content (AvgIpc) is 3.22. The molecule has 24 heavy (non-hydrogen) atoms. The lowest BCUT2D eigenvalue weighted by molar-refractivity contribution is 0.533. The summed E-state index contributed by atoms with van der Waals surface area (Å²) in [4.78, 5) is 15.8. The van der Waals surface area contributed by atoms with E-state index in [4.69, 9.17) is 10.2 Å². The van der Waals surface area contributed by atoms with E-state index >= 15 is 0 Å². The normalized spacial score (nSPS) is 14.0. The van der Waals surface area contributed by atoms with Crippen LogP contribution in [0.3, 0.4) is 0 Å². The first-order chi connectivity index (χ1) is 11.8. The highest BCUT2D eigenvalue weighted by molar-refractivity contribution is 5.91. The van der Waals surface area contributed by atoms with E-state index in [-0.39, 0.29) is 0 Å². The van der Waals surface area contributed by atoms with Gasteiger partial charge in [-0.2, -0.15) is 0 Å². The van der Waals surface area contributed by atoms with Crippen molar-refractivity contribution in [2.45, 2.75) is 18.8 Å². The second kappa shape index (κ2) is 4.83. The lowest BCUT2D eigenvalue weighted by Gasteiger charge is -1.94. The highest BCUT2D eigenvalue weighted by Gasteiger charge is 2.28. The van der Waals surface area contributed by atoms with Gasteiger partial charge >= 0.3 is 0 Å². The Morgan fingerprint density at radius 3 is 3.00 bits per heavy atom. The highest BCUT2D eigenvalue weighted by Crippen LogP contribution is 2.40. The van der Waals surface area contributed by atoms with Crippen LogP contribution in [0.25, 0.3) is 22.1 Å². The number of nitrogen functional groups attached to an aromatic ring is 1. The van der Waals surface area contributed by atoms with E-state index in [1.54, 1.807) is 6.20 Å². The molecular formula is C18H13N5O. The predicted molar refractivity (Wildman–Crippen MR) is 90.3 cm³/mol. The summed E-state index contributed by atoms with van der Waals surface area (Å²) in [5, 5.41) is 0.753. The van der Waals surface area contributed by atoms with Crippen LogP contribution in [0.4, 0.5) is 5.82 Å². The summed E-state index contributed by atoms with van der Waals surface area (Å²) in [5.74, 6) is 8.05. The van der Waals surface area contributed by atoms with Crippen molar-refractivity contribution in [3.63, 3.8) is 0 Å². The van der Waals surface area contributed by atoms with Crippen LogP contribution < -0.4 is 5.73 Å². The van der Waals surface area contributed by atoms with Gasteiger partial charge in [0.2, 0.25) is 0 Å². The number of hydrogen-bond acceptors (Lipinski definition) is 5. The fraction of sp³-hybridized carbons (Fsp3) is 0.167. The molecule has 0 atom stereocenters. The second-order valence-corrected chi connectivity index (χ2v) is 5.94. The average molecular weight is 315 g/mol. The third kappa shape index (κ3) is 2.10. The molecule has 4 aromatic rings. The number of rotatable bonds is 1. The Kier molecular flexibility index (Phi) is 2.65. The monoisotopic (exact) mass is 315 g/mol. The number of benzene rings is 1. The van der Waals surface area contributed by atoms with Crippen molar-refractivity contribution < 1.29 is 4.42 Å². The zero-order valence-electron chi connectivity index (χ0n) is 12.7. The molecule has 0 saturated heterocycles. The summed E-state index contributed by atoms with van der Waals surface area (Å²) in [7, 11) is 0. The summed E-state index contributed by atoms with van der Waals surface area (Å²) in [6, 6.07) is 5.81. The van der Waals surface area contributed by atoms with Crippen molar-refractivity contribution in [2.75, 3.05) is 5.73 Å². The Balaban J connectivity index is 1.55. The maximum Gasteiger partial charge on any atom is 0.198 e. The van der Waals surface area contributed by atoms with E-state index in [0.29, 0.717) is 17.4 Å². The van der Waals surface area contributed by atoms with Crippen LogP contribution in [0.5, 0.6) is 0 Å². The maximum atomic E-state index is 5.92. The molecule has 0 spiro atoms. The SMILES string of the molecule is Nc1ncnc2[nH]cc(C#Cc3ccc4oc(C5CC5)nc4c3)c12. The standard InChI is InChI=1S/C18H13N5O/c19-16-15-12(8-20-17(15)22-9-21-16)3-1-10-2-6-14-13(7-10)23-18(24-14)11-4-5-11/h2,6-9,11H,4-5H2,(H3,19,20,21,22). The predicted octanol–water partition coefficient (Wildman–Crippen LogP) is 2.96. The third-order valence-electron chi connectivity index (χ3n) is 4.17. The summed E-state index contributed by atoms with van der Waals surface area (Å²) < 4.78 is 5.77. The van der Waals surface area contributed by atoms with E-state index < -0.39 is 0 Å². The van der Waals surface area contributed by atoms with Gasteiger partial charge in [-0.15, -0.1) is 0 Å². The van der Waals surface area contributed by atoms with Crippen molar-refractivity contribution in [2.24, 2.45) is 0 Å². The number of nitrogens with zero attached hydrogens (tertiary/aromatic N) is 3. The number of H-pyrrole nitrogens is 1. The van der Waals surface area contributed by atoms with Crippen LogP contribution in [0.1, 0.15) is 35.8 Å². The first-order valence-electron chi connectivity index (χ1n) is 7.78. The summed E-state index contributed by atoms with van der Waals surface area (Å²) in [6.07, 6.45) is 5.57. The van der Waals surface area contributed by atoms with Crippen LogP contribution in [0, 0.1) is 11.8 Å². The van der Waals surface area contributed by atoms with Crippen LogP contribution in [0.15, 0.2) is 35.1 Å². The lowest BCUT2D eigenvalue weighted by atomic mass is 10.2. The van der Waals surface area contributed by atoms with Gasteiger partial charge in [0.05, 0.1) is 10.9 Å². The van der Waals surface area contributed by atoms with E-state index in [0.717, 1.165) is 33.5 Å². The minimum atomic E-state index is 0.423. The topological polar surface area (TPSA) is 93.6 Å². The van der Waals surface area contributed by atoms with E-state index in [2.05, 4.69) is 31.8 Å². The van der Waals surface area contributed by atoms with Gasteiger partial charge < -0.3 is 15.1 Å². The van der Waals surface area contributed by atoms with Crippen LogP contribution >= 0.6 is 0 Å². The molecular weight excluding hydrogens is 302 g/mol. The van der Waals surface area contributed by atoms with Crippen LogP contribution in [-0.4, -0.2) is 19.9 Å². The summed E-state index contributed by atoms with van der Waals surface area (Å²) in [6.45, 7) is 0. The maximum absolute atomic E-state index is 5.92. The number of aromatic nitrogens is 4. The van der Waals surface area contributed by atoms with Gasteiger partial charge in [-0.1, -0.05) is 11.8 Å². The molecule has 1 fully saturated rings. The van der Waals surface area contributed by atoms with E-state index in [9.17, 15) is 0 Å². The van der Waals surface area contributed by atoms with Gasteiger partial charge in [-0.3, -0.25) is 0 Å². The number of hydrogen-bond donors (Lipinski definition) is 2. The van der Waals surface area contributed by atoms with Crippen molar-refractivity contribution >= 4 is 28.0 Å². The number of nitrogens with one attached hydrogen (secondary N) is 1. The fourth-order valence-electron chi connectivity index (χ4n) is 2.75. The van der Waals surface area contributed by atoms with Crippen molar-refractivity contribution in [3.8, 4) is 11.8 Å². The van der Waals surface area contributed by atoms with E-state index in [1.807, 2.05) is 18.2 Å². The molecule has 5 rings (SSSR count). The third-order valence-corrected chi connectivity index (χ3v) is 4.17. The summed E-state index contributed by atoms with van der Waals surface area (Å²) in [5.41, 5.74) is 9.93. The zero-order chi connectivity index (χ0) is 16.1. The van der Waals surface area contributed by atoms with Gasteiger partial charge in [0.25, 0.3) is 0 Å². The molecule has 0 aliphatic heterocycles. The molecule has 3 aromatic heterocycles. The molecule has 0 bridgehead atoms. The first kappa shape index (κ1) is 13.1. The van der Waals surface area contributed by atoms with Crippen molar-refractivity contribution in [3.05, 3.63) is 47.7 Å².